The summed E-state index contributed by atoms with van der Waals surface area (Å²) in [6, 6.07) is 0. The molecule has 1 aliphatic heterocycles. The summed E-state index contributed by atoms with van der Waals surface area (Å²) in [5.74, 6) is 0.450. The van der Waals surface area contributed by atoms with Gasteiger partial charge in [0.1, 0.15) is 0 Å². The molecule has 1 fully saturated rings. The number of rotatable bonds is 2. The fraction of sp³-hybridized carbons (Fsp3) is 0.500. The van der Waals surface area contributed by atoms with Gasteiger partial charge in [0.15, 0.2) is 0 Å². The number of piperidine rings is 1. The summed E-state index contributed by atoms with van der Waals surface area (Å²) in [4.78, 5) is 9.16. The number of nitrogens with one attached hydrogen (secondary N) is 2. The molecule has 0 bridgehead atoms. The topological polar surface area (TPSA) is 66.5 Å². The Labute approximate surface area is 112 Å². The van der Waals surface area contributed by atoms with Gasteiger partial charge in [-0.3, -0.25) is 15.1 Å². The molecule has 0 aromatic carbocycles. The highest BCUT2D eigenvalue weighted by atomic mass is 15.1. The maximum Gasteiger partial charge on any atom is 0.0957 e. The Balaban J connectivity index is 2.06. The molecule has 0 spiro atoms. The van der Waals surface area contributed by atoms with Crippen LogP contribution in [0.1, 0.15) is 35.8 Å². The smallest absolute Gasteiger partial charge is 0.0957 e. The summed E-state index contributed by atoms with van der Waals surface area (Å²) in [6.45, 7) is 6.14. The van der Waals surface area contributed by atoms with E-state index in [1.807, 2.05) is 13.8 Å². The van der Waals surface area contributed by atoms with Crippen molar-refractivity contribution in [1.82, 2.24) is 25.5 Å². The van der Waals surface area contributed by atoms with Gasteiger partial charge in [-0.1, -0.05) is 0 Å². The third-order valence-corrected chi connectivity index (χ3v) is 3.78. The molecule has 1 atom stereocenters. The molecule has 3 heterocycles. The second-order valence-corrected chi connectivity index (χ2v) is 5.14. The van der Waals surface area contributed by atoms with E-state index in [4.69, 9.17) is 0 Å². The lowest BCUT2D eigenvalue weighted by Gasteiger charge is -2.23. The van der Waals surface area contributed by atoms with Gasteiger partial charge in [-0.05, 0) is 33.2 Å². The molecule has 0 radical (unpaired) electrons. The van der Waals surface area contributed by atoms with E-state index in [-0.39, 0.29) is 0 Å². The molecule has 3 rings (SSSR count). The van der Waals surface area contributed by atoms with Gasteiger partial charge in [0.05, 0.1) is 17.1 Å². The second kappa shape index (κ2) is 5.09. The van der Waals surface area contributed by atoms with Crippen LogP contribution in [-0.4, -0.2) is 33.3 Å². The summed E-state index contributed by atoms with van der Waals surface area (Å²) in [7, 11) is 0. The first-order valence-electron chi connectivity index (χ1n) is 6.81. The summed E-state index contributed by atoms with van der Waals surface area (Å²) >= 11 is 0. The first-order valence-corrected chi connectivity index (χ1v) is 6.81. The van der Waals surface area contributed by atoms with Crippen molar-refractivity contribution in [2.45, 2.75) is 32.6 Å². The van der Waals surface area contributed by atoms with Crippen LogP contribution < -0.4 is 5.32 Å². The Morgan fingerprint density at radius 3 is 2.74 bits per heavy atom. The molecular formula is C14H19N5. The molecule has 1 aliphatic rings. The molecular weight excluding hydrogens is 238 g/mol. The minimum Gasteiger partial charge on any atom is -0.316 e. The molecule has 0 amide bonds. The van der Waals surface area contributed by atoms with E-state index in [9.17, 15) is 0 Å². The SMILES string of the molecule is Cc1n[nH]c(C)c1-c1nccnc1C1CCCNC1. The van der Waals surface area contributed by atoms with Crippen LogP contribution in [0, 0.1) is 13.8 Å². The Kier molecular flexibility index (Phi) is 3.29. The third kappa shape index (κ3) is 2.26. The average Bonchev–Trinajstić information content (AvgIpc) is 2.79. The molecule has 2 aromatic heterocycles. The number of nitrogens with zero attached hydrogens (tertiary/aromatic N) is 3. The molecule has 1 saturated heterocycles. The van der Waals surface area contributed by atoms with Crippen molar-refractivity contribution in [2.24, 2.45) is 0 Å². The number of aromatic amines is 1. The maximum atomic E-state index is 4.60. The molecule has 0 saturated carbocycles. The van der Waals surface area contributed by atoms with Gasteiger partial charge < -0.3 is 5.32 Å². The maximum absolute atomic E-state index is 4.60. The van der Waals surface area contributed by atoms with Crippen molar-refractivity contribution in [2.75, 3.05) is 13.1 Å². The molecule has 1 unspecified atom stereocenters. The predicted molar refractivity (Wildman–Crippen MR) is 73.9 cm³/mol. The van der Waals surface area contributed by atoms with Crippen LogP contribution >= 0.6 is 0 Å². The fourth-order valence-electron chi connectivity index (χ4n) is 2.83. The standard InChI is InChI=1S/C14H19N5/c1-9-12(10(2)19-18-9)14-13(16-6-7-17-14)11-4-3-5-15-8-11/h6-7,11,15H,3-5,8H2,1-2H3,(H,18,19). The largest absolute Gasteiger partial charge is 0.316 e. The van der Waals surface area contributed by atoms with Gasteiger partial charge >= 0.3 is 0 Å². The highest BCUT2D eigenvalue weighted by Gasteiger charge is 2.23. The molecule has 100 valence electrons. The van der Waals surface area contributed by atoms with Gasteiger partial charge in [-0.25, -0.2) is 0 Å². The van der Waals surface area contributed by atoms with E-state index >= 15 is 0 Å². The first kappa shape index (κ1) is 12.3. The lowest BCUT2D eigenvalue weighted by Crippen LogP contribution is -2.29. The van der Waals surface area contributed by atoms with Crippen LogP contribution in [0.15, 0.2) is 12.4 Å². The summed E-state index contributed by atoms with van der Waals surface area (Å²) in [6.07, 6.45) is 5.93. The molecule has 0 aliphatic carbocycles. The lowest BCUT2D eigenvalue weighted by atomic mass is 9.92. The zero-order chi connectivity index (χ0) is 13.2. The van der Waals surface area contributed by atoms with Crippen molar-refractivity contribution >= 4 is 0 Å². The molecule has 5 nitrogen and oxygen atoms in total. The van der Waals surface area contributed by atoms with E-state index in [1.165, 1.54) is 12.8 Å². The molecule has 2 aromatic rings. The van der Waals surface area contributed by atoms with Crippen molar-refractivity contribution in [3.05, 3.63) is 29.5 Å². The van der Waals surface area contributed by atoms with Gasteiger partial charge in [-0.15, -0.1) is 0 Å². The van der Waals surface area contributed by atoms with Crippen molar-refractivity contribution in [1.29, 1.82) is 0 Å². The number of aryl methyl sites for hydroxylation is 2. The number of hydrogen-bond donors (Lipinski definition) is 2. The normalized spacial score (nSPS) is 19.6. The Bertz CT molecular complexity index is 549. The Hall–Kier alpha value is -1.75. The van der Waals surface area contributed by atoms with Crippen molar-refractivity contribution in [3.8, 4) is 11.3 Å². The average molecular weight is 257 g/mol. The van der Waals surface area contributed by atoms with Gasteiger partial charge in [0.2, 0.25) is 0 Å². The van der Waals surface area contributed by atoms with Crippen LogP contribution in [0.5, 0.6) is 0 Å². The molecule has 2 N–H and O–H groups in total. The number of aromatic nitrogens is 4. The van der Waals surface area contributed by atoms with Gasteiger partial charge in [-0.2, -0.15) is 5.10 Å². The lowest BCUT2D eigenvalue weighted by molar-refractivity contribution is 0.454. The minimum atomic E-state index is 0.450. The highest BCUT2D eigenvalue weighted by Crippen LogP contribution is 2.32. The van der Waals surface area contributed by atoms with E-state index in [1.54, 1.807) is 12.4 Å². The summed E-state index contributed by atoms with van der Waals surface area (Å²) in [5, 5.41) is 10.7. The van der Waals surface area contributed by atoms with E-state index in [0.29, 0.717) is 5.92 Å². The predicted octanol–water partition coefficient (Wildman–Crippen LogP) is 1.95. The van der Waals surface area contributed by atoms with Gasteiger partial charge in [0, 0.05) is 36.1 Å². The van der Waals surface area contributed by atoms with E-state index < -0.39 is 0 Å². The zero-order valence-corrected chi connectivity index (χ0v) is 11.4. The molecule has 19 heavy (non-hydrogen) atoms. The van der Waals surface area contributed by atoms with Crippen LogP contribution in [0.2, 0.25) is 0 Å². The second-order valence-electron chi connectivity index (χ2n) is 5.14. The third-order valence-electron chi connectivity index (χ3n) is 3.78. The van der Waals surface area contributed by atoms with Crippen molar-refractivity contribution < 1.29 is 0 Å². The molecule has 5 heteroatoms. The fourth-order valence-corrected chi connectivity index (χ4v) is 2.83. The minimum absolute atomic E-state index is 0.450. The highest BCUT2D eigenvalue weighted by molar-refractivity contribution is 5.67. The van der Waals surface area contributed by atoms with Crippen LogP contribution in [-0.2, 0) is 0 Å². The van der Waals surface area contributed by atoms with Crippen LogP contribution in [0.3, 0.4) is 0 Å². The van der Waals surface area contributed by atoms with E-state index in [2.05, 4.69) is 25.5 Å². The zero-order valence-electron chi connectivity index (χ0n) is 11.4. The summed E-state index contributed by atoms with van der Waals surface area (Å²) in [5.41, 5.74) is 5.24. The quantitative estimate of drug-likeness (QED) is 0.863. The number of hydrogen-bond acceptors (Lipinski definition) is 4. The van der Waals surface area contributed by atoms with Crippen LogP contribution in [0.25, 0.3) is 11.3 Å². The Morgan fingerprint density at radius 2 is 2.05 bits per heavy atom. The monoisotopic (exact) mass is 257 g/mol. The number of H-pyrrole nitrogens is 1. The van der Waals surface area contributed by atoms with Crippen molar-refractivity contribution in [3.63, 3.8) is 0 Å². The first-order chi connectivity index (χ1) is 9.27. The summed E-state index contributed by atoms with van der Waals surface area (Å²) < 4.78 is 0. The van der Waals surface area contributed by atoms with E-state index in [0.717, 1.165) is 41.4 Å². The van der Waals surface area contributed by atoms with Gasteiger partial charge in [0.25, 0.3) is 0 Å². The van der Waals surface area contributed by atoms with Crippen LogP contribution in [0.4, 0.5) is 0 Å². The Morgan fingerprint density at radius 1 is 1.21 bits per heavy atom.